The number of nitrogens with one attached hydrogen (secondary N) is 1. The fourth-order valence-electron chi connectivity index (χ4n) is 2.95. The molecule has 114 valence electrons. The molecule has 0 atom stereocenters. The van der Waals surface area contributed by atoms with Crippen LogP contribution in [0.5, 0.6) is 0 Å². The number of aromatic nitrogens is 3. The van der Waals surface area contributed by atoms with E-state index < -0.39 is 0 Å². The fourth-order valence-corrected chi connectivity index (χ4v) is 2.95. The van der Waals surface area contributed by atoms with Gasteiger partial charge in [-0.1, -0.05) is 25.1 Å². The van der Waals surface area contributed by atoms with Gasteiger partial charge >= 0.3 is 0 Å². The monoisotopic (exact) mass is 295 g/mol. The van der Waals surface area contributed by atoms with Crippen molar-refractivity contribution in [2.45, 2.75) is 39.2 Å². The molecule has 0 radical (unpaired) electrons. The number of pyridine rings is 1. The predicted molar refractivity (Wildman–Crippen MR) is 91.5 cm³/mol. The number of nitrogen functional groups attached to an aromatic ring is 1. The summed E-state index contributed by atoms with van der Waals surface area (Å²) in [5.74, 6) is 0.497. The van der Waals surface area contributed by atoms with E-state index in [4.69, 9.17) is 16.2 Å². The van der Waals surface area contributed by atoms with E-state index in [9.17, 15) is 0 Å². The summed E-state index contributed by atoms with van der Waals surface area (Å²) in [7, 11) is 0. The maximum atomic E-state index is 7.22. The number of benzene rings is 1. The Balaban J connectivity index is 2.26. The zero-order chi connectivity index (χ0) is 15.5. The minimum atomic E-state index is 0.497. The molecule has 0 aliphatic heterocycles. The average Bonchev–Trinajstić information content (AvgIpc) is 2.88. The average molecular weight is 295 g/mol. The molecule has 0 fully saturated rings. The third-order valence-corrected chi connectivity index (χ3v) is 3.91. The van der Waals surface area contributed by atoms with Crippen molar-refractivity contribution >= 4 is 33.8 Å². The Bertz CT molecular complexity index is 819. The Morgan fingerprint density at radius 2 is 2.14 bits per heavy atom. The quantitative estimate of drug-likeness (QED) is 0.539. The molecule has 0 unspecified atom stereocenters. The molecule has 22 heavy (non-hydrogen) atoms. The molecule has 0 amide bonds. The van der Waals surface area contributed by atoms with E-state index in [2.05, 4.69) is 22.7 Å². The van der Waals surface area contributed by atoms with Gasteiger partial charge in [-0.15, -0.1) is 0 Å². The van der Waals surface area contributed by atoms with Crippen molar-refractivity contribution in [3.05, 3.63) is 30.0 Å². The van der Waals surface area contributed by atoms with E-state index in [-0.39, 0.29) is 0 Å². The van der Waals surface area contributed by atoms with Gasteiger partial charge in [-0.2, -0.15) is 5.10 Å². The Labute approximate surface area is 129 Å². The van der Waals surface area contributed by atoms with Crippen molar-refractivity contribution < 1.29 is 0 Å². The zero-order valence-electron chi connectivity index (χ0n) is 12.8. The van der Waals surface area contributed by atoms with Crippen molar-refractivity contribution in [3.8, 4) is 0 Å². The number of para-hydroxylation sites is 1. The Morgan fingerprint density at radius 1 is 1.32 bits per heavy atom. The third kappa shape index (κ3) is 2.43. The number of anilines is 1. The standard InChI is InChI=1S/C17H21N5/c1-2-11-22-14(9-5-6-10-18)15-12-7-3-4-8-13(12)20-17(19)16(15)21-22/h3-4,7-8,10,18H,2,5-6,9,11H2,1H3,(H2,19,20). The first-order valence-electron chi connectivity index (χ1n) is 7.78. The highest BCUT2D eigenvalue weighted by Crippen LogP contribution is 2.31. The number of hydrogen-bond donors (Lipinski definition) is 2. The molecule has 3 N–H and O–H groups in total. The number of aryl methyl sites for hydroxylation is 2. The van der Waals surface area contributed by atoms with Crippen LogP contribution < -0.4 is 5.73 Å². The highest BCUT2D eigenvalue weighted by atomic mass is 15.3. The van der Waals surface area contributed by atoms with Gasteiger partial charge in [-0.05, 0) is 38.0 Å². The topological polar surface area (TPSA) is 80.6 Å². The highest BCUT2D eigenvalue weighted by Gasteiger charge is 2.16. The van der Waals surface area contributed by atoms with E-state index in [1.54, 1.807) is 0 Å². The lowest BCUT2D eigenvalue weighted by atomic mass is 10.1. The smallest absolute Gasteiger partial charge is 0.152 e. The second-order valence-corrected chi connectivity index (χ2v) is 5.50. The summed E-state index contributed by atoms with van der Waals surface area (Å²) in [5.41, 5.74) is 9.06. The second kappa shape index (κ2) is 6.13. The van der Waals surface area contributed by atoms with Gasteiger partial charge in [0.05, 0.1) is 5.52 Å². The summed E-state index contributed by atoms with van der Waals surface area (Å²) >= 11 is 0. The first kappa shape index (κ1) is 14.5. The van der Waals surface area contributed by atoms with Crippen LogP contribution >= 0.6 is 0 Å². The summed E-state index contributed by atoms with van der Waals surface area (Å²) in [5, 5.41) is 14.2. The lowest BCUT2D eigenvalue weighted by Crippen LogP contribution is -2.04. The summed E-state index contributed by atoms with van der Waals surface area (Å²) in [4.78, 5) is 4.48. The van der Waals surface area contributed by atoms with E-state index in [0.717, 1.165) is 54.0 Å². The molecule has 1 aromatic carbocycles. The van der Waals surface area contributed by atoms with Crippen LogP contribution in [-0.2, 0) is 13.0 Å². The van der Waals surface area contributed by atoms with Gasteiger partial charge in [-0.25, -0.2) is 4.98 Å². The maximum Gasteiger partial charge on any atom is 0.152 e. The van der Waals surface area contributed by atoms with E-state index in [0.29, 0.717) is 5.82 Å². The van der Waals surface area contributed by atoms with Gasteiger partial charge in [0.15, 0.2) is 5.82 Å². The molecule has 0 spiro atoms. The first-order chi connectivity index (χ1) is 10.8. The van der Waals surface area contributed by atoms with Crippen molar-refractivity contribution in [1.82, 2.24) is 14.8 Å². The van der Waals surface area contributed by atoms with Gasteiger partial charge in [0.25, 0.3) is 0 Å². The molecule has 0 aliphatic carbocycles. The van der Waals surface area contributed by atoms with Crippen LogP contribution in [0, 0.1) is 5.41 Å². The van der Waals surface area contributed by atoms with E-state index in [1.165, 1.54) is 11.9 Å². The SMILES string of the molecule is CCCn1nc2c(N)nc3ccccc3c2c1CCCC=N. The number of unbranched alkanes of at least 4 members (excludes halogenated alkanes) is 1. The Kier molecular flexibility index (Phi) is 4.04. The van der Waals surface area contributed by atoms with E-state index >= 15 is 0 Å². The first-order valence-corrected chi connectivity index (χ1v) is 7.78. The van der Waals surface area contributed by atoms with Gasteiger partial charge < -0.3 is 11.1 Å². The van der Waals surface area contributed by atoms with Crippen molar-refractivity contribution in [1.29, 1.82) is 5.41 Å². The number of nitrogens with zero attached hydrogens (tertiary/aromatic N) is 3. The molecule has 2 aromatic heterocycles. The number of hydrogen-bond acceptors (Lipinski definition) is 4. The van der Waals surface area contributed by atoms with E-state index in [1.807, 2.05) is 18.2 Å². The Hall–Kier alpha value is -2.43. The summed E-state index contributed by atoms with van der Waals surface area (Å²) in [6.45, 7) is 3.02. The molecule has 2 heterocycles. The van der Waals surface area contributed by atoms with Gasteiger partial charge in [-0.3, -0.25) is 4.68 Å². The largest absolute Gasteiger partial charge is 0.382 e. The van der Waals surface area contributed by atoms with Crippen molar-refractivity contribution in [2.24, 2.45) is 0 Å². The van der Waals surface area contributed by atoms with Crippen molar-refractivity contribution in [3.63, 3.8) is 0 Å². The molecule has 3 aromatic rings. The molecule has 0 saturated carbocycles. The highest BCUT2D eigenvalue weighted by molar-refractivity contribution is 6.09. The summed E-state index contributed by atoms with van der Waals surface area (Å²) in [6.07, 6.45) is 5.13. The third-order valence-electron chi connectivity index (χ3n) is 3.91. The van der Waals surface area contributed by atoms with Crippen LogP contribution in [0.2, 0.25) is 0 Å². The molecular weight excluding hydrogens is 274 g/mol. The van der Waals surface area contributed by atoms with Crippen LogP contribution in [-0.4, -0.2) is 21.0 Å². The summed E-state index contributed by atoms with van der Waals surface area (Å²) in [6, 6.07) is 8.08. The summed E-state index contributed by atoms with van der Waals surface area (Å²) < 4.78 is 2.07. The lowest BCUT2D eigenvalue weighted by molar-refractivity contribution is 0.575. The molecule has 5 heteroatoms. The van der Waals surface area contributed by atoms with Crippen LogP contribution in [0.25, 0.3) is 21.8 Å². The lowest BCUT2D eigenvalue weighted by Gasteiger charge is -2.07. The number of nitrogens with two attached hydrogens (primary N) is 1. The second-order valence-electron chi connectivity index (χ2n) is 5.50. The number of rotatable bonds is 6. The van der Waals surface area contributed by atoms with Crippen LogP contribution in [0.4, 0.5) is 5.82 Å². The van der Waals surface area contributed by atoms with Gasteiger partial charge in [0.2, 0.25) is 0 Å². The Morgan fingerprint density at radius 3 is 2.91 bits per heavy atom. The molecular formula is C17H21N5. The van der Waals surface area contributed by atoms with Crippen LogP contribution in [0.1, 0.15) is 31.9 Å². The van der Waals surface area contributed by atoms with Crippen molar-refractivity contribution in [2.75, 3.05) is 5.73 Å². The normalized spacial score (nSPS) is 11.3. The van der Waals surface area contributed by atoms with Gasteiger partial charge in [0, 0.05) is 23.0 Å². The minimum absolute atomic E-state index is 0.497. The molecule has 0 bridgehead atoms. The zero-order valence-corrected chi connectivity index (χ0v) is 12.8. The molecule has 3 rings (SSSR count). The maximum absolute atomic E-state index is 7.22. The predicted octanol–water partition coefficient (Wildman–Crippen LogP) is 3.55. The molecule has 5 nitrogen and oxygen atoms in total. The minimum Gasteiger partial charge on any atom is -0.382 e. The fraction of sp³-hybridized carbons (Fsp3) is 0.353. The molecule has 0 aliphatic rings. The van der Waals surface area contributed by atoms with Gasteiger partial charge in [0.1, 0.15) is 5.52 Å². The van der Waals surface area contributed by atoms with Crippen LogP contribution in [0.3, 0.4) is 0 Å². The molecule has 0 saturated heterocycles. The van der Waals surface area contributed by atoms with Crippen LogP contribution in [0.15, 0.2) is 24.3 Å². The number of fused-ring (bicyclic) bond motifs is 3.